The molecule has 5 heteroatoms. The Morgan fingerprint density at radius 2 is 1.76 bits per heavy atom. The van der Waals surface area contributed by atoms with Crippen molar-refractivity contribution in [1.29, 1.82) is 0 Å². The number of aryl methyl sites for hydroxylation is 1. The number of hydrogen-bond acceptors (Lipinski definition) is 5. The lowest BCUT2D eigenvalue weighted by atomic mass is 9.77. The summed E-state index contributed by atoms with van der Waals surface area (Å²) in [6.45, 7) is 10.5. The van der Waals surface area contributed by atoms with E-state index in [0.29, 0.717) is 28.7 Å². The number of ether oxygens (including phenoxy) is 2. The fourth-order valence-electron chi connectivity index (χ4n) is 4.91. The lowest BCUT2D eigenvalue weighted by molar-refractivity contribution is 0.0224. The molecule has 0 bridgehead atoms. The van der Waals surface area contributed by atoms with Crippen molar-refractivity contribution in [3.05, 3.63) is 82.4 Å². The summed E-state index contributed by atoms with van der Waals surface area (Å²) in [5.41, 5.74) is 10.9. The number of carbonyl (C=O) groups is 1. The van der Waals surface area contributed by atoms with E-state index in [-0.39, 0.29) is 5.97 Å². The van der Waals surface area contributed by atoms with Gasteiger partial charge in [-0.1, -0.05) is 32.0 Å². The number of fused-ring (bicyclic) bond motifs is 6. The zero-order valence-electron chi connectivity index (χ0n) is 19.6. The first-order valence-electron chi connectivity index (χ1n) is 11.7. The molecule has 0 saturated heterocycles. The van der Waals surface area contributed by atoms with E-state index in [9.17, 15) is 4.79 Å². The molecule has 2 aliphatic heterocycles. The molecule has 1 spiro atoms. The van der Waals surface area contributed by atoms with Crippen LogP contribution in [0.25, 0.3) is 0 Å². The van der Waals surface area contributed by atoms with Crippen LogP contribution in [0, 0.1) is 12.8 Å². The van der Waals surface area contributed by atoms with E-state index >= 15 is 0 Å². The van der Waals surface area contributed by atoms with Crippen molar-refractivity contribution in [3.63, 3.8) is 0 Å². The van der Waals surface area contributed by atoms with Gasteiger partial charge in [-0.15, -0.1) is 0 Å². The molecule has 2 aliphatic rings. The highest BCUT2D eigenvalue weighted by Crippen LogP contribution is 2.57. The summed E-state index contributed by atoms with van der Waals surface area (Å²) in [5.74, 6) is 1.67. The average Bonchev–Trinajstić information content (AvgIpc) is 3.09. The molecule has 0 amide bonds. The molecule has 1 unspecified atom stereocenters. The molecule has 5 nitrogen and oxygen atoms in total. The number of rotatable bonds is 5. The quantitative estimate of drug-likeness (QED) is 0.387. The van der Waals surface area contributed by atoms with Gasteiger partial charge in [0.25, 0.3) is 0 Å². The van der Waals surface area contributed by atoms with Crippen molar-refractivity contribution in [2.75, 3.05) is 23.7 Å². The average molecular weight is 443 g/mol. The van der Waals surface area contributed by atoms with Crippen LogP contribution in [0.2, 0.25) is 0 Å². The molecule has 0 fully saturated rings. The molecule has 0 aliphatic carbocycles. The highest BCUT2D eigenvalue weighted by molar-refractivity contribution is 5.97. The number of hydrogen-bond donors (Lipinski definition) is 1. The van der Waals surface area contributed by atoms with Gasteiger partial charge in [0.1, 0.15) is 11.5 Å². The molecule has 33 heavy (non-hydrogen) atoms. The fraction of sp³-hybridized carbons (Fsp3) is 0.321. The van der Waals surface area contributed by atoms with Crippen molar-refractivity contribution >= 4 is 17.3 Å². The van der Waals surface area contributed by atoms with Gasteiger partial charge in [0.15, 0.2) is 5.60 Å². The molecule has 3 aromatic carbocycles. The molecule has 0 saturated carbocycles. The Morgan fingerprint density at radius 1 is 1.00 bits per heavy atom. The number of carbonyl (C=O) groups excluding carboxylic acids is 1. The minimum absolute atomic E-state index is 0.334. The van der Waals surface area contributed by atoms with Gasteiger partial charge in [-0.2, -0.15) is 0 Å². The van der Waals surface area contributed by atoms with Gasteiger partial charge in [0.05, 0.1) is 5.56 Å². The SMILES string of the molecule is CCN(CCC(C)C)c1ccc2c(c1)Oc1cc(C)c(N)cc1C21OC(=O)c2ccccc21. The predicted octanol–water partition coefficient (Wildman–Crippen LogP) is 6.02. The lowest BCUT2D eigenvalue weighted by Gasteiger charge is -2.37. The molecular weight excluding hydrogens is 412 g/mol. The van der Waals surface area contributed by atoms with Crippen molar-refractivity contribution in [2.45, 2.75) is 39.7 Å². The van der Waals surface area contributed by atoms with Crippen LogP contribution >= 0.6 is 0 Å². The van der Waals surface area contributed by atoms with Crippen molar-refractivity contribution in [1.82, 2.24) is 0 Å². The number of nitrogens with two attached hydrogens (primary N) is 1. The standard InChI is InChI=1S/C28H30N2O3/c1-5-30(13-12-17(2)3)19-10-11-22-26(15-19)32-25-14-18(4)24(29)16-23(25)28(22)21-9-7-6-8-20(21)27(31)33-28/h6-11,14-17H,5,12-13,29H2,1-4H3. The van der Waals surface area contributed by atoms with Crippen LogP contribution in [0.5, 0.6) is 11.5 Å². The maximum absolute atomic E-state index is 13.0. The first kappa shape index (κ1) is 21.4. The summed E-state index contributed by atoms with van der Waals surface area (Å²) >= 11 is 0. The van der Waals surface area contributed by atoms with Crippen molar-refractivity contribution in [2.24, 2.45) is 5.92 Å². The molecule has 0 radical (unpaired) electrons. The number of nitrogen functional groups attached to an aromatic ring is 1. The van der Waals surface area contributed by atoms with E-state index in [2.05, 4.69) is 37.8 Å². The zero-order valence-corrected chi connectivity index (χ0v) is 19.6. The second-order valence-electron chi connectivity index (χ2n) is 9.37. The predicted molar refractivity (Wildman–Crippen MR) is 131 cm³/mol. The van der Waals surface area contributed by atoms with E-state index in [0.717, 1.165) is 47.5 Å². The van der Waals surface area contributed by atoms with Crippen LogP contribution < -0.4 is 15.4 Å². The first-order chi connectivity index (χ1) is 15.8. The second kappa shape index (κ2) is 7.84. The van der Waals surface area contributed by atoms with Gasteiger partial charge in [0, 0.05) is 47.2 Å². The molecule has 1 atom stereocenters. The normalized spacial score (nSPS) is 17.9. The number of anilines is 2. The van der Waals surface area contributed by atoms with Crippen molar-refractivity contribution < 1.29 is 14.3 Å². The third-order valence-corrected chi connectivity index (χ3v) is 6.81. The summed E-state index contributed by atoms with van der Waals surface area (Å²) in [5, 5.41) is 0. The van der Waals surface area contributed by atoms with E-state index in [1.165, 1.54) is 0 Å². The lowest BCUT2D eigenvalue weighted by Crippen LogP contribution is -2.33. The van der Waals surface area contributed by atoms with Crippen LogP contribution in [-0.4, -0.2) is 19.1 Å². The Bertz CT molecular complexity index is 1250. The van der Waals surface area contributed by atoms with E-state index in [1.807, 2.05) is 49.4 Å². The highest BCUT2D eigenvalue weighted by atomic mass is 16.6. The molecule has 0 aromatic heterocycles. The Balaban J connectivity index is 1.71. The summed E-state index contributed by atoms with van der Waals surface area (Å²) in [6.07, 6.45) is 1.11. The van der Waals surface area contributed by atoms with Crippen LogP contribution in [0.4, 0.5) is 11.4 Å². The minimum atomic E-state index is -1.08. The van der Waals surface area contributed by atoms with E-state index < -0.39 is 5.60 Å². The smallest absolute Gasteiger partial charge is 0.340 e. The largest absolute Gasteiger partial charge is 0.456 e. The van der Waals surface area contributed by atoms with Gasteiger partial charge in [0.2, 0.25) is 0 Å². The van der Waals surface area contributed by atoms with Crippen LogP contribution in [0.1, 0.15) is 59.8 Å². The molecule has 170 valence electrons. The Hall–Kier alpha value is -3.47. The number of esters is 1. The van der Waals surface area contributed by atoms with Gasteiger partial charge < -0.3 is 20.1 Å². The monoisotopic (exact) mass is 442 g/mol. The van der Waals surface area contributed by atoms with Gasteiger partial charge in [-0.25, -0.2) is 4.79 Å². The van der Waals surface area contributed by atoms with Gasteiger partial charge >= 0.3 is 5.97 Å². The maximum atomic E-state index is 13.0. The third kappa shape index (κ3) is 3.26. The summed E-state index contributed by atoms with van der Waals surface area (Å²) in [7, 11) is 0. The summed E-state index contributed by atoms with van der Waals surface area (Å²) in [6, 6.07) is 17.6. The Morgan fingerprint density at radius 3 is 2.52 bits per heavy atom. The van der Waals surface area contributed by atoms with E-state index in [4.69, 9.17) is 15.2 Å². The second-order valence-corrected chi connectivity index (χ2v) is 9.37. The summed E-state index contributed by atoms with van der Waals surface area (Å²) in [4.78, 5) is 15.3. The minimum Gasteiger partial charge on any atom is -0.456 e. The highest BCUT2D eigenvalue weighted by Gasteiger charge is 2.53. The van der Waals surface area contributed by atoms with Crippen LogP contribution in [-0.2, 0) is 10.3 Å². The first-order valence-corrected chi connectivity index (χ1v) is 11.7. The topological polar surface area (TPSA) is 64.8 Å². The fourth-order valence-corrected chi connectivity index (χ4v) is 4.91. The summed E-state index contributed by atoms with van der Waals surface area (Å²) < 4.78 is 12.7. The van der Waals surface area contributed by atoms with Crippen molar-refractivity contribution in [3.8, 4) is 11.5 Å². The third-order valence-electron chi connectivity index (χ3n) is 6.81. The van der Waals surface area contributed by atoms with Crippen LogP contribution in [0.15, 0.2) is 54.6 Å². The number of nitrogens with zero attached hydrogens (tertiary/aromatic N) is 1. The van der Waals surface area contributed by atoms with E-state index in [1.54, 1.807) is 0 Å². The molecular formula is C28H30N2O3. The Kier molecular flexibility index (Phi) is 5.08. The molecule has 2 heterocycles. The van der Waals surface area contributed by atoms with Gasteiger partial charge in [-0.05, 0) is 62.1 Å². The zero-order chi connectivity index (χ0) is 23.3. The maximum Gasteiger partial charge on any atom is 0.340 e. The van der Waals surface area contributed by atoms with Gasteiger partial charge in [-0.3, -0.25) is 0 Å². The molecule has 5 rings (SSSR count). The Labute approximate surface area is 195 Å². The molecule has 3 aromatic rings. The number of benzene rings is 3. The van der Waals surface area contributed by atoms with Crippen LogP contribution in [0.3, 0.4) is 0 Å². The molecule has 2 N–H and O–H groups in total.